The van der Waals surface area contributed by atoms with Crippen LogP contribution in [0.2, 0.25) is 0 Å². The van der Waals surface area contributed by atoms with E-state index in [4.69, 9.17) is 4.74 Å². The number of hydrogen-bond acceptors (Lipinski definition) is 4. The van der Waals surface area contributed by atoms with Crippen LogP contribution in [0.1, 0.15) is 11.1 Å². The number of hydrogen-bond donors (Lipinski definition) is 0. The molecular formula is C25H18F3N3O2. The fourth-order valence-electron chi connectivity index (χ4n) is 3.18. The molecule has 0 N–H and O–H groups in total. The SMILES string of the molecule is C=CCOc1ccc(C=Nn2c(-c3cccc(C(F)(F)F)c3)nc3ccccc3c2=O)cc1. The van der Waals surface area contributed by atoms with E-state index in [9.17, 15) is 18.0 Å². The van der Waals surface area contributed by atoms with Gasteiger partial charge in [0.2, 0.25) is 0 Å². The quantitative estimate of drug-likeness (QED) is 0.287. The van der Waals surface area contributed by atoms with Gasteiger partial charge in [0.15, 0.2) is 5.82 Å². The summed E-state index contributed by atoms with van der Waals surface area (Å²) >= 11 is 0. The lowest BCUT2D eigenvalue weighted by atomic mass is 10.1. The number of ether oxygens (including phenoxy) is 1. The Morgan fingerprint density at radius 2 is 1.79 bits per heavy atom. The molecule has 4 rings (SSSR count). The molecule has 1 aromatic heterocycles. The molecule has 5 nitrogen and oxygen atoms in total. The van der Waals surface area contributed by atoms with Crippen molar-refractivity contribution in [3.05, 3.63) is 107 Å². The molecule has 0 atom stereocenters. The highest BCUT2D eigenvalue weighted by Gasteiger charge is 2.30. The molecule has 8 heteroatoms. The van der Waals surface area contributed by atoms with E-state index < -0.39 is 17.3 Å². The summed E-state index contributed by atoms with van der Waals surface area (Å²) in [7, 11) is 0. The van der Waals surface area contributed by atoms with E-state index in [-0.39, 0.29) is 11.4 Å². The van der Waals surface area contributed by atoms with Crippen molar-refractivity contribution in [3.63, 3.8) is 0 Å². The van der Waals surface area contributed by atoms with E-state index in [0.717, 1.165) is 16.8 Å². The summed E-state index contributed by atoms with van der Waals surface area (Å²) in [5.74, 6) is 0.647. The van der Waals surface area contributed by atoms with Crippen molar-refractivity contribution in [1.82, 2.24) is 9.66 Å². The smallest absolute Gasteiger partial charge is 0.416 e. The van der Waals surface area contributed by atoms with Gasteiger partial charge < -0.3 is 4.74 Å². The van der Waals surface area contributed by atoms with Gasteiger partial charge in [-0.2, -0.15) is 22.9 Å². The number of para-hydroxylation sites is 1. The molecule has 0 saturated carbocycles. The molecule has 0 unspecified atom stereocenters. The Balaban J connectivity index is 1.82. The van der Waals surface area contributed by atoms with Crippen molar-refractivity contribution < 1.29 is 17.9 Å². The predicted octanol–water partition coefficient (Wildman–Crippen LogP) is 5.53. The van der Waals surface area contributed by atoms with Crippen LogP contribution >= 0.6 is 0 Å². The molecule has 33 heavy (non-hydrogen) atoms. The standard InChI is InChI=1S/C25H18F3N3O2/c1-2-14-33-20-12-10-17(11-13-20)16-29-31-23(18-6-5-7-19(15-18)25(26,27)28)30-22-9-4-3-8-21(22)24(31)32/h2-13,15-16H,1,14H2. The van der Waals surface area contributed by atoms with Crippen LogP contribution < -0.4 is 10.3 Å². The summed E-state index contributed by atoms with van der Waals surface area (Å²) in [4.78, 5) is 17.6. The zero-order valence-electron chi connectivity index (χ0n) is 17.3. The molecule has 0 aliphatic rings. The second-order valence-corrected chi connectivity index (χ2v) is 7.06. The fourth-order valence-corrected chi connectivity index (χ4v) is 3.18. The molecule has 0 fully saturated rings. The molecule has 0 amide bonds. The number of halogens is 3. The second-order valence-electron chi connectivity index (χ2n) is 7.06. The van der Waals surface area contributed by atoms with Gasteiger partial charge in [-0.25, -0.2) is 4.98 Å². The maximum absolute atomic E-state index is 13.3. The maximum Gasteiger partial charge on any atom is 0.416 e. The lowest BCUT2D eigenvalue weighted by Gasteiger charge is -2.12. The Morgan fingerprint density at radius 1 is 1.03 bits per heavy atom. The van der Waals surface area contributed by atoms with E-state index in [1.807, 2.05) is 0 Å². The van der Waals surface area contributed by atoms with Crippen molar-refractivity contribution in [2.24, 2.45) is 5.10 Å². The van der Waals surface area contributed by atoms with Crippen molar-refractivity contribution in [3.8, 4) is 17.1 Å². The Morgan fingerprint density at radius 3 is 2.52 bits per heavy atom. The van der Waals surface area contributed by atoms with Crippen LogP contribution in [0.15, 0.2) is 95.3 Å². The highest BCUT2D eigenvalue weighted by Crippen LogP contribution is 2.31. The van der Waals surface area contributed by atoms with Crippen LogP contribution in [0.4, 0.5) is 13.2 Å². The topological polar surface area (TPSA) is 56.5 Å². The summed E-state index contributed by atoms with van der Waals surface area (Å²) in [5.41, 5.74) is -0.178. The van der Waals surface area contributed by atoms with Gasteiger partial charge in [0.25, 0.3) is 5.56 Å². The number of aromatic nitrogens is 2. The van der Waals surface area contributed by atoms with Crippen LogP contribution in [0, 0.1) is 0 Å². The lowest BCUT2D eigenvalue weighted by molar-refractivity contribution is -0.137. The molecular weight excluding hydrogens is 431 g/mol. The van der Waals surface area contributed by atoms with Crippen molar-refractivity contribution in [2.75, 3.05) is 6.61 Å². The second kappa shape index (κ2) is 9.12. The van der Waals surface area contributed by atoms with E-state index in [1.165, 1.54) is 18.3 Å². The van der Waals surface area contributed by atoms with E-state index in [2.05, 4.69) is 16.7 Å². The first kappa shape index (κ1) is 22.0. The van der Waals surface area contributed by atoms with Gasteiger partial charge in [0, 0.05) is 5.56 Å². The zero-order chi connectivity index (χ0) is 23.4. The van der Waals surface area contributed by atoms with Gasteiger partial charge in [0.05, 0.1) is 22.7 Å². The summed E-state index contributed by atoms with van der Waals surface area (Å²) in [5, 5.41) is 4.57. The Labute approximate surface area is 187 Å². The summed E-state index contributed by atoms with van der Waals surface area (Å²) < 4.78 is 46.2. The van der Waals surface area contributed by atoms with Gasteiger partial charge in [-0.3, -0.25) is 4.79 Å². The summed E-state index contributed by atoms with van der Waals surface area (Å²) in [6.07, 6.45) is -1.47. The average Bonchev–Trinajstić information content (AvgIpc) is 2.82. The van der Waals surface area contributed by atoms with Crippen molar-refractivity contribution in [2.45, 2.75) is 6.18 Å². The van der Waals surface area contributed by atoms with Crippen LogP contribution in [-0.4, -0.2) is 22.5 Å². The number of benzene rings is 3. The summed E-state index contributed by atoms with van der Waals surface area (Å²) in [6.45, 7) is 3.96. The first-order chi connectivity index (χ1) is 15.9. The predicted molar refractivity (Wildman–Crippen MR) is 122 cm³/mol. The molecule has 0 aliphatic heterocycles. The van der Waals surface area contributed by atoms with Crippen molar-refractivity contribution in [1.29, 1.82) is 0 Å². The van der Waals surface area contributed by atoms with Gasteiger partial charge >= 0.3 is 6.18 Å². The monoisotopic (exact) mass is 449 g/mol. The normalized spacial score (nSPS) is 11.7. The highest BCUT2D eigenvalue weighted by atomic mass is 19.4. The minimum atomic E-state index is -4.53. The lowest BCUT2D eigenvalue weighted by Crippen LogP contribution is -2.20. The van der Waals surface area contributed by atoms with Crippen LogP contribution in [0.25, 0.3) is 22.3 Å². The number of nitrogens with zero attached hydrogens (tertiary/aromatic N) is 3. The molecule has 0 aliphatic carbocycles. The first-order valence-electron chi connectivity index (χ1n) is 9.94. The minimum absolute atomic E-state index is 0.00647. The number of alkyl halides is 3. The van der Waals surface area contributed by atoms with Crippen LogP contribution in [0.5, 0.6) is 5.75 Å². The third kappa shape index (κ3) is 4.85. The maximum atomic E-state index is 13.3. The van der Waals surface area contributed by atoms with Crippen LogP contribution in [-0.2, 0) is 6.18 Å². The van der Waals surface area contributed by atoms with E-state index in [0.29, 0.717) is 28.8 Å². The molecule has 0 bridgehead atoms. The molecule has 1 heterocycles. The molecule has 0 radical (unpaired) electrons. The molecule has 4 aromatic rings. The molecule has 0 spiro atoms. The van der Waals surface area contributed by atoms with E-state index >= 15 is 0 Å². The Hall–Kier alpha value is -4.20. The Kier molecular flexibility index (Phi) is 6.08. The third-order valence-electron chi connectivity index (χ3n) is 4.77. The van der Waals surface area contributed by atoms with Gasteiger partial charge in [-0.05, 0) is 54.1 Å². The van der Waals surface area contributed by atoms with Gasteiger partial charge in [-0.15, -0.1) is 0 Å². The number of rotatable bonds is 6. The zero-order valence-corrected chi connectivity index (χ0v) is 17.3. The van der Waals surface area contributed by atoms with Gasteiger partial charge in [-0.1, -0.05) is 36.9 Å². The summed E-state index contributed by atoms with van der Waals surface area (Å²) in [6, 6.07) is 18.2. The Bertz CT molecular complexity index is 1390. The molecule has 3 aromatic carbocycles. The van der Waals surface area contributed by atoms with Gasteiger partial charge in [0.1, 0.15) is 12.4 Å². The van der Waals surface area contributed by atoms with Crippen molar-refractivity contribution >= 4 is 17.1 Å². The van der Waals surface area contributed by atoms with Crippen LogP contribution in [0.3, 0.4) is 0 Å². The third-order valence-corrected chi connectivity index (χ3v) is 4.77. The minimum Gasteiger partial charge on any atom is -0.490 e. The largest absolute Gasteiger partial charge is 0.490 e. The average molecular weight is 449 g/mol. The fraction of sp³-hybridized carbons (Fsp3) is 0.0800. The number of fused-ring (bicyclic) bond motifs is 1. The first-order valence-corrected chi connectivity index (χ1v) is 9.94. The molecule has 166 valence electrons. The van der Waals surface area contributed by atoms with E-state index in [1.54, 1.807) is 54.6 Å². The molecule has 0 saturated heterocycles. The highest BCUT2D eigenvalue weighted by molar-refractivity contribution is 5.82.